The van der Waals surface area contributed by atoms with Gasteiger partial charge >= 0.3 is 5.97 Å². The molecule has 114 valence electrons. The number of aromatic carboxylic acids is 1. The second-order valence-electron chi connectivity index (χ2n) is 4.93. The lowest BCUT2D eigenvalue weighted by molar-refractivity contribution is 0.0697. The predicted octanol–water partition coefficient (Wildman–Crippen LogP) is 2.47. The SMILES string of the molecule is O=C(O)c1ccccc1NC1=CC(=O)c2c(O)cccc2C1=O. The molecule has 2 aromatic carbocycles. The second kappa shape index (κ2) is 5.42. The molecular formula is C17H11NO5. The number of para-hydroxylation sites is 1. The summed E-state index contributed by atoms with van der Waals surface area (Å²) in [5.74, 6) is -2.42. The van der Waals surface area contributed by atoms with Crippen LogP contribution in [0.1, 0.15) is 31.1 Å². The van der Waals surface area contributed by atoms with E-state index in [1.807, 2.05) is 0 Å². The van der Waals surface area contributed by atoms with E-state index in [0.717, 1.165) is 6.08 Å². The Morgan fingerprint density at radius 2 is 1.74 bits per heavy atom. The van der Waals surface area contributed by atoms with Crippen molar-refractivity contribution in [1.29, 1.82) is 0 Å². The zero-order chi connectivity index (χ0) is 16.6. The number of Topliss-reactive ketones (excluding diaryl/α,β-unsaturated/α-hetero) is 1. The number of ketones is 2. The van der Waals surface area contributed by atoms with Gasteiger partial charge in [0, 0.05) is 11.6 Å². The number of carbonyl (C=O) groups excluding carboxylic acids is 2. The van der Waals surface area contributed by atoms with Crippen molar-refractivity contribution in [3.05, 3.63) is 70.9 Å². The zero-order valence-electron chi connectivity index (χ0n) is 11.7. The topological polar surface area (TPSA) is 104 Å². The number of rotatable bonds is 3. The molecule has 0 aliphatic heterocycles. The lowest BCUT2D eigenvalue weighted by Crippen LogP contribution is -2.22. The molecule has 3 N–H and O–H groups in total. The van der Waals surface area contributed by atoms with Gasteiger partial charge in [0.1, 0.15) is 5.75 Å². The van der Waals surface area contributed by atoms with E-state index >= 15 is 0 Å². The second-order valence-corrected chi connectivity index (χ2v) is 4.93. The van der Waals surface area contributed by atoms with Crippen molar-refractivity contribution in [3.63, 3.8) is 0 Å². The summed E-state index contributed by atoms with van der Waals surface area (Å²) < 4.78 is 0. The van der Waals surface area contributed by atoms with Crippen LogP contribution < -0.4 is 5.32 Å². The number of phenolic OH excluding ortho intramolecular Hbond substituents is 1. The maximum Gasteiger partial charge on any atom is 0.337 e. The van der Waals surface area contributed by atoms with Gasteiger partial charge in [0.05, 0.1) is 22.5 Å². The molecule has 1 aliphatic carbocycles. The molecule has 0 radical (unpaired) electrons. The van der Waals surface area contributed by atoms with Gasteiger partial charge in [-0.2, -0.15) is 0 Å². The van der Waals surface area contributed by atoms with Crippen LogP contribution in [0, 0.1) is 0 Å². The molecule has 23 heavy (non-hydrogen) atoms. The van der Waals surface area contributed by atoms with Crippen molar-refractivity contribution in [2.24, 2.45) is 0 Å². The number of nitrogens with one attached hydrogen (secondary N) is 1. The van der Waals surface area contributed by atoms with Crippen LogP contribution in [0.15, 0.2) is 54.2 Å². The van der Waals surface area contributed by atoms with Crippen LogP contribution in [0.4, 0.5) is 5.69 Å². The largest absolute Gasteiger partial charge is 0.507 e. The molecule has 0 aromatic heterocycles. The normalized spacial score (nSPS) is 13.3. The Morgan fingerprint density at radius 1 is 1.00 bits per heavy atom. The third-order valence-electron chi connectivity index (χ3n) is 3.48. The van der Waals surface area contributed by atoms with Gasteiger partial charge in [-0.25, -0.2) is 4.79 Å². The highest BCUT2D eigenvalue weighted by Gasteiger charge is 2.28. The maximum absolute atomic E-state index is 12.5. The number of hydrogen-bond donors (Lipinski definition) is 3. The Bertz CT molecular complexity index is 882. The number of carboxylic acids is 1. The average Bonchev–Trinajstić information content (AvgIpc) is 2.52. The summed E-state index contributed by atoms with van der Waals surface area (Å²) in [7, 11) is 0. The Kier molecular flexibility index (Phi) is 3.42. The van der Waals surface area contributed by atoms with Gasteiger partial charge < -0.3 is 15.5 Å². The van der Waals surface area contributed by atoms with E-state index < -0.39 is 17.5 Å². The van der Waals surface area contributed by atoms with Gasteiger partial charge in [-0.3, -0.25) is 9.59 Å². The number of aromatic hydroxyl groups is 1. The molecule has 0 spiro atoms. The number of anilines is 1. The molecule has 0 saturated heterocycles. The highest BCUT2D eigenvalue weighted by Crippen LogP contribution is 2.29. The molecule has 0 atom stereocenters. The fraction of sp³-hybridized carbons (Fsp3) is 0. The number of benzene rings is 2. The van der Waals surface area contributed by atoms with Gasteiger partial charge in [0.2, 0.25) is 5.78 Å². The number of phenols is 1. The quantitative estimate of drug-likeness (QED) is 0.804. The molecule has 0 bridgehead atoms. The molecule has 0 unspecified atom stereocenters. The number of hydrogen-bond acceptors (Lipinski definition) is 5. The number of carboxylic acid groups (broad SMARTS) is 1. The van der Waals surface area contributed by atoms with Crippen molar-refractivity contribution in [2.45, 2.75) is 0 Å². The highest BCUT2D eigenvalue weighted by molar-refractivity contribution is 6.26. The van der Waals surface area contributed by atoms with Crippen molar-refractivity contribution < 1.29 is 24.6 Å². The molecule has 0 fully saturated rings. The predicted molar refractivity (Wildman–Crippen MR) is 81.9 cm³/mol. The van der Waals surface area contributed by atoms with E-state index in [0.29, 0.717) is 0 Å². The minimum atomic E-state index is -1.15. The van der Waals surface area contributed by atoms with E-state index in [-0.39, 0.29) is 33.8 Å². The van der Waals surface area contributed by atoms with Gasteiger partial charge in [-0.15, -0.1) is 0 Å². The lowest BCUT2D eigenvalue weighted by atomic mass is 9.91. The van der Waals surface area contributed by atoms with E-state index in [1.54, 1.807) is 12.1 Å². The summed E-state index contributed by atoms with van der Waals surface area (Å²) in [5.41, 5.74) is 0.176. The molecule has 3 rings (SSSR count). The first kappa shape index (κ1) is 14.5. The smallest absolute Gasteiger partial charge is 0.337 e. The van der Waals surface area contributed by atoms with E-state index in [4.69, 9.17) is 5.11 Å². The Morgan fingerprint density at radius 3 is 2.48 bits per heavy atom. The van der Waals surface area contributed by atoms with Crippen LogP contribution in [-0.2, 0) is 0 Å². The zero-order valence-corrected chi connectivity index (χ0v) is 11.7. The fourth-order valence-electron chi connectivity index (χ4n) is 2.42. The van der Waals surface area contributed by atoms with Crippen LogP contribution in [0.5, 0.6) is 5.75 Å². The summed E-state index contributed by atoms with van der Waals surface area (Å²) in [6, 6.07) is 10.3. The highest BCUT2D eigenvalue weighted by atomic mass is 16.4. The van der Waals surface area contributed by atoms with Gasteiger partial charge in [0.15, 0.2) is 5.78 Å². The van der Waals surface area contributed by atoms with Crippen molar-refractivity contribution in [1.82, 2.24) is 0 Å². The molecule has 6 nitrogen and oxygen atoms in total. The Labute approximate surface area is 130 Å². The third-order valence-corrected chi connectivity index (χ3v) is 3.48. The first-order chi connectivity index (χ1) is 11.0. The summed E-state index contributed by atoms with van der Waals surface area (Å²) >= 11 is 0. The van der Waals surface area contributed by atoms with Crippen molar-refractivity contribution >= 4 is 23.2 Å². The molecule has 0 amide bonds. The third kappa shape index (κ3) is 2.46. The summed E-state index contributed by atoms with van der Waals surface area (Å²) in [6.45, 7) is 0. The summed E-state index contributed by atoms with van der Waals surface area (Å²) in [4.78, 5) is 35.8. The first-order valence-electron chi connectivity index (χ1n) is 6.71. The molecular weight excluding hydrogens is 298 g/mol. The average molecular weight is 309 g/mol. The van der Waals surface area contributed by atoms with Gasteiger partial charge in [-0.05, 0) is 24.3 Å². The number of allylic oxidation sites excluding steroid dienone is 2. The van der Waals surface area contributed by atoms with Crippen LogP contribution in [0.3, 0.4) is 0 Å². The monoisotopic (exact) mass is 309 g/mol. The molecule has 1 aliphatic rings. The van der Waals surface area contributed by atoms with Crippen molar-refractivity contribution in [3.8, 4) is 5.75 Å². The van der Waals surface area contributed by atoms with Crippen LogP contribution in [0.2, 0.25) is 0 Å². The first-order valence-corrected chi connectivity index (χ1v) is 6.71. The summed E-state index contributed by atoms with van der Waals surface area (Å²) in [5, 5.41) is 21.6. The van der Waals surface area contributed by atoms with E-state index in [9.17, 15) is 19.5 Å². The minimum absolute atomic E-state index is 0.0182. The standard InChI is InChI=1S/C17H11NO5/c19-13-7-3-5-10-15(13)14(20)8-12(16(10)21)18-11-6-2-1-4-9(11)17(22)23/h1-8,18-19H,(H,22,23). The maximum atomic E-state index is 12.5. The van der Waals surface area contributed by atoms with Crippen LogP contribution in [-0.4, -0.2) is 27.7 Å². The van der Waals surface area contributed by atoms with Crippen LogP contribution in [0.25, 0.3) is 0 Å². The van der Waals surface area contributed by atoms with Crippen molar-refractivity contribution in [2.75, 3.05) is 5.32 Å². The number of carbonyl (C=O) groups is 3. The minimum Gasteiger partial charge on any atom is -0.507 e. The van der Waals surface area contributed by atoms with Gasteiger partial charge in [-0.1, -0.05) is 18.2 Å². The van der Waals surface area contributed by atoms with Gasteiger partial charge in [0.25, 0.3) is 0 Å². The lowest BCUT2D eigenvalue weighted by Gasteiger charge is -2.18. The molecule has 2 aromatic rings. The van der Waals surface area contributed by atoms with Crippen LogP contribution >= 0.6 is 0 Å². The fourth-order valence-corrected chi connectivity index (χ4v) is 2.42. The number of fused-ring (bicyclic) bond motifs is 1. The van der Waals surface area contributed by atoms with E-state index in [1.165, 1.54) is 30.3 Å². The van der Waals surface area contributed by atoms with E-state index in [2.05, 4.69) is 5.32 Å². The molecule has 0 saturated carbocycles. The molecule has 0 heterocycles. The Hall–Kier alpha value is -3.41. The Balaban J connectivity index is 2.02. The summed E-state index contributed by atoms with van der Waals surface area (Å²) in [6.07, 6.45) is 1.06. The molecule has 6 heteroatoms.